The molecule has 0 spiro atoms. The minimum Gasteiger partial charge on any atom is -0.350 e. The van der Waals surface area contributed by atoms with E-state index in [0.29, 0.717) is 34.6 Å². The van der Waals surface area contributed by atoms with Crippen molar-refractivity contribution in [2.75, 3.05) is 19.6 Å². The van der Waals surface area contributed by atoms with Crippen molar-refractivity contribution in [2.24, 2.45) is 5.73 Å². The number of aryl methyl sites for hydroxylation is 2. The van der Waals surface area contributed by atoms with Crippen molar-refractivity contribution in [1.82, 2.24) is 20.4 Å². The molecule has 1 saturated heterocycles. The van der Waals surface area contributed by atoms with E-state index in [9.17, 15) is 4.79 Å². The first-order valence-electron chi connectivity index (χ1n) is 12.1. The lowest BCUT2D eigenvalue weighted by molar-refractivity contribution is 0.0924. The molecule has 1 aliphatic rings. The van der Waals surface area contributed by atoms with Crippen LogP contribution >= 0.6 is 0 Å². The normalized spacial score (nSPS) is 15.9. The van der Waals surface area contributed by atoms with Crippen LogP contribution in [0.2, 0.25) is 0 Å². The van der Waals surface area contributed by atoms with Gasteiger partial charge in [0, 0.05) is 37.3 Å². The lowest BCUT2D eigenvalue weighted by atomic mass is 9.88. The van der Waals surface area contributed by atoms with Crippen molar-refractivity contribution in [2.45, 2.75) is 38.8 Å². The molecule has 4 aromatic rings. The van der Waals surface area contributed by atoms with Gasteiger partial charge in [-0.3, -0.25) is 9.69 Å². The Kier molecular flexibility index (Phi) is 6.36. The van der Waals surface area contributed by atoms with Crippen LogP contribution in [0.15, 0.2) is 65.2 Å². The maximum atomic E-state index is 13.4. The first-order valence-corrected chi connectivity index (χ1v) is 12.1. The van der Waals surface area contributed by atoms with Gasteiger partial charge in [-0.25, -0.2) is 4.98 Å². The fourth-order valence-electron chi connectivity index (χ4n) is 4.67. The average molecular weight is 470 g/mol. The minimum atomic E-state index is -0.432. The predicted molar refractivity (Wildman–Crippen MR) is 137 cm³/mol. The number of rotatable bonds is 6. The Morgan fingerprint density at radius 1 is 1.09 bits per heavy atom. The molecule has 0 atom stereocenters. The van der Waals surface area contributed by atoms with Gasteiger partial charge in [-0.1, -0.05) is 65.3 Å². The molecule has 1 aliphatic heterocycles. The third-order valence-electron chi connectivity index (χ3n) is 6.91. The molecule has 5 rings (SSSR count). The maximum Gasteiger partial charge on any atom is 0.259 e. The second-order valence-corrected chi connectivity index (χ2v) is 9.68. The number of piperidine rings is 1. The Balaban J connectivity index is 1.29. The smallest absolute Gasteiger partial charge is 0.259 e. The average Bonchev–Trinajstić information content (AvgIpc) is 3.25. The SMILES string of the molecule is Cc1ccc(-c2cc(C(=O)NCC3(N)CCN(Cc4ccccc4)CC3)c3c(C)noc3n2)cc1. The van der Waals surface area contributed by atoms with Crippen LogP contribution in [0, 0.1) is 13.8 Å². The number of likely N-dealkylation sites (tertiary alicyclic amines) is 1. The summed E-state index contributed by atoms with van der Waals surface area (Å²) in [5.41, 5.74) is 11.9. The Morgan fingerprint density at radius 3 is 2.51 bits per heavy atom. The molecule has 7 nitrogen and oxygen atoms in total. The van der Waals surface area contributed by atoms with E-state index < -0.39 is 5.54 Å². The summed E-state index contributed by atoms with van der Waals surface area (Å²) in [5.74, 6) is -0.186. The number of hydrogen-bond donors (Lipinski definition) is 2. The van der Waals surface area contributed by atoms with Gasteiger partial charge in [-0.15, -0.1) is 0 Å². The van der Waals surface area contributed by atoms with Gasteiger partial charge in [0.15, 0.2) is 0 Å². The predicted octanol–water partition coefficient (Wildman–Crippen LogP) is 4.23. The van der Waals surface area contributed by atoms with E-state index in [0.717, 1.165) is 43.6 Å². The molecule has 1 amide bonds. The van der Waals surface area contributed by atoms with Crippen molar-refractivity contribution in [3.63, 3.8) is 0 Å². The molecule has 0 aliphatic carbocycles. The van der Waals surface area contributed by atoms with E-state index in [-0.39, 0.29) is 5.91 Å². The summed E-state index contributed by atoms with van der Waals surface area (Å²) in [6, 6.07) is 20.3. The molecule has 0 bridgehead atoms. The van der Waals surface area contributed by atoms with Crippen LogP contribution in [-0.2, 0) is 6.54 Å². The number of hydrogen-bond acceptors (Lipinski definition) is 6. The summed E-state index contributed by atoms with van der Waals surface area (Å²) < 4.78 is 5.43. The molecule has 2 aromatic heterocycles. The zero-order valence-corrected chi connectivity index (χ0v) is 20.3. The summed E-state index contributed by atoms with van der Waals surface area (Å²) in [6.45, 7) is 7.01. The Bertz CT molecular complexity index is 1320. The van der Waals surface area contributed by atoms with Gasteiger partial charge >= 0.3 is 0 Å². The Hall–Kier alpha value is -3.55. The van der Waals surface area contributed by atoms with Gasteiger partial charge in [-0.2, -0.15) is 0 Å². The standard InChI is InChI=1S/C28H31N5O2/c1-19-8-10-22(11-9-19)24-16-23(25-20(2)32-35-27(25)31-24)26(34)30-18-28(29)12-14-33(15-13-28)17-21-6-4-3-5-7-21/h3-11,16H,12-15,17-18,29H2,1-2H3,(H,30,34). The van der Waals surface area contributed by atoms with Gasteiger partial charge in [0.1, 0.15) is 0 Å². The largest absolute Gasteiger partial charge is 0.350 e. The van der Waals surface area contributed by atoms with E-state index in [1.165, 1.54) is 5.56 Å². The third kappa shape index (κ3) is 5.11. The van der Waals surface area contributed by atoms with Crippen LogP contribution in [0.3, 0.4) is 0 Å². The zero-order chi connectivity index (χ0) is 24.4. The molecule has 3 heterocycles. The first kappa shape index (κ1) is 23.2. The highest BCUT2D eigenvalue weighted by Crippen LogP contribution is 2.28. The number of fused-ring (bicyclic) bond motifs is 1. The zero-order valence-electron chi connectivity index (χ0n) is 20.3. The molecule has 2 aromatic carbocycles. The molecule has 180 valence electrons. The van der Waals surface area contributed by atoms with Crippen LogP contribution in [0.25, 0.3) is 22.4 Å². The van der Waals surface area contributed by atoms with Gasteiger partial charge in [0.2, 0.25) is 0 Å². The van der Waals surface area contributed by atoms with Gasteiger partial charge in [0.05, 0.1) is 22.3 Å². The second-order valence-electron chi connectivity index (χ2n) is 9.68. The lowest BCUT2D eigenvalue weighted by Crippen LogP contribution is -2.56. The number of aromatic nitrogens is 2. The summed E-state index contributed by atoms with van der Waals surface area (Å²) in [6.07, 6.45) is 1.65. The van der Waals surface area contributed by atoms with E-state index in [4.69, 9.17) is 10.3 Å². The van der Waals surface area contributed by atoms with Crippen LogP contribution in [0.4, 0.5) is 0 Å². The molecule has 0 saturated carbocycles. The molecule has 7 heteroatoms. The number of nitrogens with zero attached hydrogens (tertiary/aromatic N) is 3. The number of carbonyl (C=O) groups is 1. The summed E-state index contributed by atoms with van der Waals surface area (Å²) in [5, 5.41) is 7.78. The molecule has 0 unspecified atom stereocenters. The van der Waals surface area contributed by atoms with E-state index in [2.05, 4.69) is 44.6 Å². The summed E-state index contributed by atoms with van der Waals surface area (Å²) in [7, 11) is 0. The van der Waals surface area contributed by atoms with Crippen molar-refractivity contribution in [3.8, 4) is 11.3 Å². The monoisotopic (exact) mass is 469 g/mol. The highest BCUT2D eigenvalue weighted by molar-refractivity contribution is 6.07. The van der Waals surface area contributed by atoms with Crippen LogP contribution < -0.4 is 11.1 Å². The quantitative estimate of drug-likeness (QED) is 0.439. The van der Waals surface area contributed by atoms with Crippen molar-refractivity contribution in [1.29, 1.82) is 0 Å². The van der Waals surface area contributed by atoms with Gasteiger partial charge in [-0.05, 0) is 38.3 Å². The number of pyridine rings is 1. The highest BCUT2D eigenvalue weighted by Gasteiger charge is 2.31. The number of nitrogens with two attached hydrogens (primary N) is 1. The minimum absolute atomic E-state index is 0.186. The molecular weight excluding hydrogens is 438 g/mol. The topological polar surface area (TPSA) is 97.3 Å². The van der Waals surface area contributed by atoms with Gasteiger partial charge in [0.25, 0.3) is 11.6 Å². The number of benzene rings is 2. The summed E-state index contributed by atoms with van der Waals surface area (Å²) in [4.78, 5) is 20.4. The maximum absolute atomic E-state index is 13.4. The van der Waals surface area contributed by atoms with E-state index in [1.54, 1.807) is 0 Å². The summed E-state index contributed by atoms with van der Waals surface area (Å²) >= 11 is 0. The first-order chi connectivity index (χ1) is 16.9. The van der Waals surface area contributed by atoms with Gasteiger partial charge < -0.3 is 15.6 Å². The van der Waals surface area contributed by atoms with Crippen LogP contribution in [0.1, 0.15) is 40.0 Å². The number of carbonyl (C=O) groups excluding carboxylic acids is 1. The van der Waals surface area contributed by atoms with Crippen molar-refractivity contribution >= 4 is 17.0 Å². The number of amides is 1. The molecule has 1 fully saturated rings. The van der Waals surface area contributed by atoms with Crippen molar-refractivity contribution in [3.05, 3.63) is 83.0 Å². The third-order valence-corrected chi connectivity index (χ3v) is 6.91. The Labute approximate surface area is 205 Å². The molecule has 35 heavy (non-hydrogen) atoms. The fraction of sp³-hybridized carbons (Fsp3) is 0.321. The second kappa shape index (κ2) is 9.60. The van der Waals surface area contributed by atoms with Crippen LogP contribution in [0.5, 0.6) is 0 Å². The van der Waals surface area contributed by atoms with E-state index in [1.807, 2.05) is 50.2 Å². The molecule has 0 radical (unpaired) electrons. The fourth-order valence-corrected chi connectivity index (χ4v) is 4.67. The number of nitrogens with one attached hydrogen (secondary N) is 1. The Morgan fingerprint density at radius 2 is 1.80 bits per heavy atom. The molecular formula is C28H31N5O2. The lowest BCUT2D eigenvalue weighted by Gasteiger charge is -2.39. The van der Waals surface area contributed by atoms with E-state index >= 15 is 0 Å². The van der Waals surface area contributed by atoms with Crippen molar-refractivity contribution < 1.29 is 9.32 Å². The molecule has 3 N–H and O–H groups in total. The van der Waals surface area contributed by atoms with Crippen LogP contribution in [-0.4, -0.2) is 46.1 Å². The highest BCUT2D eigenvalue weighted by atomic mass is 16.5.